The van der Waals surface area contributed by atoms with Gasteiger partial charge in [-0.1, -0.05) is 20.8 Å². The number of rotatable bonds is 7. The third-order valence-electron chi connectivity index (χ3n) is 9.42. The van der Waals surface area contributed by atoms with Gasteiger partial charge in [0.1, 0.15) is 11.5 Å². The van der Waals surface area contributed by atoms with Gasteiger partial charge in [-0.05, 0) is 50.3 Å². The highest BCUT2D eigenvalue weighted by molar-refractivity contribution is 5.93. The van der Waals surface area contributed by atoms with Gasteiger partial charge in [-0.3, -0.25) is 19.2 Å². The van der Waals surface area contributed by atoms with Gasteiger partial charge in [0.15, 0.2) is 11.5 Å². The first-order valence-corrected chi connectivity index (χ1v) is 16.9. The molecule has 2 amide bonds. The van der Waals surface area contributed by atoms with Gasteiger partial charge < -0.3 is 29.3 Å². The number of aromatic nitrogens is 3. The Morgan fingerprint density at radius 3 is 2.47 bits per heavy atom. The van der Waals surface area contributed by atoms with Crippen molar-refractivity contribution >= 4 is 28.5 Å². The van der Waals surface area contributed by atoms with Crippen molar-refractivity contribution in [1.82, 2.24) is 29.9 Å². The molecule has 0 saturated carbocycles. The highest BCUT2D eigenvalue weighted by Gasteiger charge is 2.28. The number of pyridine rings is 1. The number of ether oxygens (including phenoxy) is 3. The normalized spacial score (nSPS) is 18.4. The Hall–Kier alpha value is -4.06. The van der Waals surface area contributed by atoms with Gasteiger partial charge >= 0.3 is 0 Å². The summed E-state index contributed by atoms with van der Waals surface area (Å²) in [4.78, 5) is 38.9. The van der Waals surface area contributed by atoms with Gasteiger partial charge in [-0.25, -0.2) is 4.98 Å². The molecule has 1 N–H and O–H groups in total. The van der Waals surface area contributed by atoms with E-state index < -0.39 is 0 Å². The summed E-state index contributed by atoms with van der Waals surface area (Å²) in [6.07, 6.45) is 2.30. The van der Waals surface area contributed by atoms with Crippen molar-refractivity contribution in [2.24, 2.45) is 5.92 Å². The summed E-state index contributed by atoms with van der Waals surface area (Å²) in [5.41, 5.74) is 3.30. The SMILES string of the molecule is CCN1CCN(C(=O)c2cc(C(C)C)nn2CC)CCC(=O)NCC2CCCN(C2)c2nc3cc(OC)c(OC)c(OC)c3cc2C1. The summed E-state index contributed by atoms with van der Waals surface area (Å²) < 4.78 is 19.0. The van der Waals surface area contributed by atoms with Crippen molar-refractivity contribution in [1.29, 1.82) is 0 Å². The van der Waals surface area contributed by atoms with E-state index in [0.29, 0.717) is 62.2 Å². The minimum Gasteiger partial charge on any atom is -0.493 e. The Bertz CT molecular complexity index is 1570. The highest BCUT2D eigenvalue weighted by Crippen LogP contribution is 2.44. The topological polar surface area (TPSA) is 114 Å². The minimum atomic E-state index is -0.0970. The fraction of sp³-hybridized carbons (Fsp3) is 0.600. The van der Waals surface area contributed by atoms with Crippen LogP contribution in [-0.4, -0.2) is 104 Å². The molecule has 12 heteroatoms. The van der Waals surface area contributed by atoms with Gasteiger partial charge in [0, 0.05) is 75.8 Å². The number of methoxy groups -OCH3 is 3. The van der Waals surface area contributed by atoms with Crippen molar-refractivity contribution in [3.8, 4) is 17.2 Å². The largest absolute Gasteiger partial charge is 0.493 e. The highest BCUT2D eigenvalue weighted by atomic mass is 16.5. The molecule has 0 aliphatic carbocycles. The maximum Gasteiger partial charge on any atom is 0.272 e. The Morgan fingerprint density at radius 1 is 1.00 bits per heavy atom. The molecule has 4 heterocycles. The lowest BCUT2D eigenvalue weighted by molar-refractivity contribution is -0.121. The molecule has 256 valence electrons. The second-order valence-corrected chi connectivity index (χ2v) is 12.8. The molecule has 0 radical (unpaired) electrons. The first kappa shape index (κ1) is 34.3. The molecule has 1 saturated heterocycles. The van der Waals surface area contributed by atoms with Crippen molar-refractivity contribution in [2.75, 3.05) is 72.0 Å². The van der Waals surface area contributed by atoms with Crippen LogP contribution in [0, 0.1) is 5.92 Å². The Morgan fingerprint density at radius 2 is 1.79 bits per heavy atom. The number of fused-ring (bicyclic) bond motifs is 5. The van der Waals surface area contributed by atoms with Gasteiger partial charge in [0.05, 0.1) is 32.5 Å². The van der Waals surface area contributed by atoms with E-state index in [4.69, 9.17) is 19.2 Å². The molecule has 1 unspecified atom stereocenters. The molecule has 0 spiro atoms. The molecule has 12 nitrogen and oxygen atoms in total. The number of piperidine rings is 1. The zero-order chi connectivity index (χ0) is 33.7. The molecule has 2 aliphatic rings. The summed E-state index contributed by atoms with van der Waals surface area (Å²) in [6.45, 7) is 14.0. The van der Waals surface area contributed by atoms with Crippen molar-refractivity contribution in [3.05, 3.63) is 35.2 Å². The van der Waals surface area contributed by atoms with E-state index in [1.807, 2.05) is 24.0 Å². The van der Waals surface area contributed by atoms with Crippen LogP contribution in [0.15, 0.2) is 18.2 Å². The molecule has 2 bridgehead atoms. The Labute approximate surface area is 278 Å². The average molecular weight is 650 g/mol. The minimum absolute atomic E-state index is 0.0355. The zero-order valence-electron chi connectivity index (χ0n) is 29.1. The van der Waals surface area contributed by atoms with E-state index in [9.17, 15) is 9.59 Å². The van der Waals surface area contributed by atoms with E-state index in [-0.39, 0.29) is 30.1 Å². The van der Waals surface area contributed by atoms with Crippen molar-refractivity contribution in [3.63, 3.8) is 0 Å². The van der Waals surface area contributed by atoms with Crippen molar-refractivity contribution < 1.29 is 23.8 Å². The lowest BCUT2D eigenvalue weighted by Gasteiger charge is -2.35. The van der Waals surface area contributed by atoms with E-state index in [0.717, 1.165) is 60.5 Å². The maximum absolute atomic E-state index is 14.1. The lowest BCUT2D eigenvalue weighted by atomic mass is 9.97. The number of benzene rings is 1. The number of carbonyl (C=O) groups excluding carboxylic acids is 2. The number of likely N-dealkylation sites (N-methyl/N-ethyl adjacent to an activating group) is 1. The summed E-state index contributed by atoms with van der Waals surface area (Å²) in [5, 5.41) is 8.70. The van der Waals surface area contributed by atoms with Crippen LogP contribution in [-0.2, 0) is 17.9 Å². The van der Waals surface area contributed by atoms with Crippen LogP contribution in [0.25, 0.3) is 10.9 Å². The molecule has 1 aromatic carbocycles. The van der Waals surface area contributed by atoms with Gasteiger partial charge in [0.25, 0.3) is 5.91 Å². The van der Waals surface area contributed by atoms with Crippen LogP contribution >= 0.6 is 0 Å². The first-order valence-electron chi connectivity index (χ1n) is 16.9. The molecule has 3 aromatic rings. The predicted octanol–water partition coefficient (Wildman–Crippen LogP) is 4.30. The van der Waals surface area contributed by atoms with E-state index in [1.54, 1.807) is 26.0 Å². The smallest absolute Gasteiger partial charge is 0.272 e. The van der Waals surface area contributed by atoms with Crippen LogP contribution in [0.4, 0.5) is 5.82 Å². The molecule has 2 aromatic heterocycles. The first-order chi connectivity index (χ1) is 22.7. The van der Waals surface area contributed by atoms with Crippen LogP contribution in [0.3, 0.4) is 0 Å². The second-order valence-electron chi connectivity index (χ2n) is 12.8. The molecule has 2 aliphatic heterocycles. The number of nitrogens with one attached hydrogen (secondary N) is 1. The van der Waals surface area contributed by atoms with E-state index in [1.165, 1.54) is 0 Å². The molecular formula is C35H51N7O5. The molecule has 1 fully saturated rings. The number of carbonyl (C=O) groups is 2. The number of amides is 2. The summed E-state index contributed by atoms with van der Waals surface area (Å²) in [6, 6.07) is 5.98. The predicted molar refractivity (Wildman–Crippen MR) is 183 cm³/mol. The van der Waals surface area contributed by atoms with E-state index in [2.05, 4.69) is 47.1 Å². The van der Waals surface area contributed by atoms with Crippen LogP contribution in [0.2, 0.25) is 0 Å². The standard InChI is InChI=1S/C35H51N7O5/c1-8-39-15-16-40(35(44)29-18-27(23(3)4)38-42(29)9-2)14-12-31(43)36-20-24-11-10-13-41(21-24)34-25(22-39)17-26-28(37-34)19-30(45-5)33(47-7)32(26)46-6/h17-19,23-24H,8-16,20-22H2,1-7H3,(H,36,43). The zero-order valence-corrected chi connectivity index (χ0v) is 29.1. The molecular weight excluding hydrogens is 598 g/mol. The fourth-order valence-corrected chi connectivity index (χ4v) is 6.68. The number of aryl methyl sites for hydroxylation is 1. The number of nitrogens with zero attached hydrogens (tertiary/aromatic N) is 6. The fourth-order valence-electron chi connectivity index (χ4n) is 6.68. The monoisotopic (exact) mass is 649 g/mol. The lowest BCUT2D eigenvalue weighted by Crippen LogP contribution is -2.42. The third kappa shape index (κ3) is 7.42. The van der Waals surface area contributed by atoms with Crippen molar-refractivity contribution in [2.45, 2.75) is 66.0 Å². The summed E-state index contributed by atoms with van der Waals surface area (Å²) in [5.74, 6) is 2.97. The van der Waals surface area contributed by atoms with Gasteiger partial charge in [0.2, 0.25) is 11.7 Å². The van der Waals surface area contributed by atoms with Gasteiger partial charge in [-0.2, -0.15) is 5.10 Å². The summed E-state index contributed by atoms with van der Waals surface area (Å²) in [7, 11) is 4.85. The number of anilines is 1. The Balaban J connectivity index is 1.54. The molecule has 47 heavy (non-hydrogen) atoms. The van der Waals surface area contributed by atoms with Crippen LogP contribution < -0.4 is 24.4 Å². The third-order valence-corrected chi connectivity index (χ3v) is 9.42. The summed E-state index contributed by atoms with van der Waals surface area (Å²) >= 11 is 0. The quantitative estimate of drug-likeness (QED) is 0.400. The average Bonchev–Trinajstić information content (AvgIpc) is 3.53. The second kappa shape index (κ2) is 15.2. The van der Waals surface area contributed by atoms with Crippen LogP contribution in [0.5, 0.6) is 17.2 Å². The molecule has 5 rings (SSSR count). The maximum atomic E-state index is 14.1. The van der Waals surface area contributed by atoms with E-state index >= 15 is 0 Å². The molecule has 1 atom stereocenters. The van der Waals surface area contributed by atoms with Crippen LogP contribution in [0.1, 0.15) is 74.6 Å². The number of hydrogen-bond acceptors (Lipinski definition) is 9. The Kier molecular flexibility index (Phi) is 11.1. The number of hydrogen-bond donors (Lipinski definition) is 1. The van der Waals surface area contributed by atoms with Gasteiger partial charge in [-0.15, -0.1) is 0 Å².